The summed E-state index contributed by atoms with van der Waals surface area (Å²) in [4.78, 5) is 21.0. The van der Waals surface area contributed by atoms with Crippen molar-refractivity contribution >= 4 is 16.3 Å². The van der Waals surface area contributed by atoms with Crippen LogP contribution in [0.25, 0.3) is 0 Å². The van der Waals surface area contributed by atoms with Crippen molar-refractivity contribution in [1.82, 2.24) is 19.1 Å². The molecule has 0 spiro atoms. The van der Waals surface area contributed by atoms with Crippen LogP contribution in [-0.2, 0) is 31.3 Å². The number of hydrogen-bond acceptors (Lipinski definition) is 7. The highest BCUT2D eigenvalue weighted by molar-refractivity contribution is 7.89. The first-order valence-corrected chi connectivity index (χ1v) is 17.2. The normalized spacial score (nSPS) is 23.0. The summed E-state index contributed by atoms with van der Waals surface area (Å²) < 4.78 is 75.2. The van der Waals surface area contributed by atoms with Gasteiger partial charge in [0, 0.05) is 56.8 Å². The van der Waals surface area contributed by atoms with Crippen LogP contribution in [0.1, 0.15) is 68.9 Å². The number of rotatable bonds is 12. The fourth-order valence-corrected chi connectivity index (χ4v) is 8.74. The number of aromatic nitrogens is 1. The van der Waals surface area contributed by atoms with Gasteiger partial charge in [-0.15, -0.1) is 0 Å². The molecule has 8 nitrogen and oxygen atoms in total. The Labute approximate surface area is 258 Å². The Balaban J connectivity index is 1.25. The Morgan fingerprint density at radius 3 is 2.45 bits per heavy atom. The highest BCUT2D eigenvalue weighted by Gasteiger charge is 2.41. The lowest BCUT2D eigenvalue weighted by molar-refractivity contribution is -0.137. The lowest BCUT2D eigenvalue weighted by atomic mass is 9.84. The second-order valence-corrected chi connectivity index (χ2v) is 14.1. The van der Waals surface area contributed by atoms with Gasteiger partial charge in [-0.2, -0.15) is 17.5 Å². The van der Waals surface area contributed by atoms with Crippen molar-refractivity contribution in [2.75, 3.05) is 45.9 Å². The smallest absolute Gasteiger partial charge is 0.370 e. The van der Waals surface area contributed by atoms with Crippen molar-refractivity contribution in [3.8, 4) is 0 Å². The van der Waals surface area contributed by atoms with Crippen LogP contribution in [0.2, 0.25) is 0 Å². The van der Waals surface area contributed by atoms with Gasteiger partial charge in [0.2, 0.25) is 10.0 Å². The standard InChI is InChI=1S/C32H43F3N4O4S/c33-32(34,35)26-8-5-11-30(22-26)44(41,42)39-18-2-1-10-28(39)23-29(25-40)38-19-12-31(13-20-38,27-9-6-14-36-24-27)43-21-7-17-37-15-3-4-16-37/h5-6,8-9,11,14,22,24-25,28-29H,1-4,7,10,12-13,15-21,23H2. The molecule has 2 aromatic rings. The molecule has 0 aliphatic carbocycles. The number of benzene rings is 1. The summed E-state index contributed by atoms with van der Waals surface area (Å²) in [6, 6.07) is 6.86. The lowest BCUT2D eigenvalue weighted by Crippen LogP contribution is -2.52. The van der Waals surface area contributed by atoms with E-state index in [-0.39, 0.29) is 17.9 Å². The van der Waals surface area contributed by atoms with Crippen LogP contribution in [0.5, 0.6) is 0 Å². The van der Waals surface area contributed by atoms with Gasteiger partial charge in [-0.25, -0.2) is 8.42 Å². The van der Waals surface area contributed by atoms with E-state index in [2.05, 4.69) is 14.8 Å². The molecule has 12 heteroatoms. The highest BCUT2D eigenvalue weighted by Crippen LogP contribution is 2.38. The first-order valence-electron chi connectivity index (χ1n) is 15.8. The summed E-state index contributed by atoms with van der Waals surface area (Å²) in [5, 5.41) is 0. The van der Waals surface area contributed by atoms with Crippen molar-refractivity contribution in [2.24, 2.45) is 0 Å². The predicted octanol–water partition coefficient (Wildman–Crippen LogP) is 5.10. The van der Waals surface area contributed by atoms with Gasteiger partial charge in [0.15, 0.2) is 0 Å². The summed E-state index contributed by atoms with van der Waals surface area (Å²) in [6.07, 6.45) is 6.88. The number of piperidine rings is 2. The first-order chi connectivity index (χ1) is 21.1. The number of alkyl halides is 3. The van der Waals surface area contributed by atoms with Gasteiger partial charge in [-0.05, 0) is 88.7 Å². The maximum atomic E-state index is 13.6. The number of ether oxygens (including phenoxy) is 1. The molecule has 44 heavy (non-hydrogen) atoms. The molecule has 3 aliphatic heterocycles. The fourth-order valence-electron chi connectivity index (χ4n) is 6.99. The Morgan fingerprint density at radius 2 is 1.77 bits per heavy atom. The van der Waals surface area contributed by atoms with Crippen LogP contribution in [-0.4, -0.2) is 91.8 Å². The van der Waals surface area contributed by atoms with E-state index in [1.54, 1.807) is 6.20 Å². The zero-order chi connectivity index (χ0) is 31.2. The molecule has 242 valence electrons. The second kappa shape index (κ2) is 14.4. The molecule has 3 aliphatic rings. The lowest BCUT2D eigenvalue weighted by Gasteiger charge is -2.45. The van der Waals surface area contributed by atoms with Crippen LogP contribution in [0.3, 0.4) is 0 Å². The maximum Gasteiger partial charge on any atom is 0.416 e. The van der Waals surface area contributed by atoms with Crippen molar-refractivity contribution in [2.45, 2.75) is 86.5 Å². The molecule has 0 saturated carbocycles. The van der Waals surface area contributed by atoms with Gasteiger partial charge in [0.1, 0.15) is 6.29 Å². The summed E-state index contributed by atoms with van der Waals surface area (Å²) in [7, 11) is -4.18. The Kier molecular flexibility index (Phi) is 10.8. The van der Waals surface area contributed by atoms with Crippen LogP contribution in [0, 0.1) is 0 Å². The fraction of sp³-hybridized carbons (Fsp3) is 0.625. The molecule has 0 radical (unpaired) electrons. The predicted molar refractivity (Wildman–Crippen MR) is 160 cm³/mol. The SMILES string of the molecule is O=CC(CC1CCCCN1S(=O)(=O)c1cccc(C(F)(F)F)c1)N1CCC(OCCCN2CCCC2)(c2cccnc2)CC1. The number of pyridine rings is 1. The molecule has 0 N–H and O–H groups in total. The number of carbonyl (C=O) groups is 1. The van der Waals surface area contributed by atoms with Crippen LogP contribution in [0.4, 0.5) is 13.2 Å². The molecule has 0 bridgehead atoms. The molecule has 2 unspecified atom stereocenters. The summed E-state index contributed by atoms with van der Waals surface area (Å²) in [6.45, 7) is 5.35. The third-order valence-electron chi connectivity index (χ3n) is 9.47. The molecule has 1 aromatic carbocycles. The quantitative estimate of drug-likeness (QED) is 0.237. The number of sulfonamides is 1. The summed E-state index contributed by atoms with van der Waals surface area (Å²) in [5.74, 6) is 0. The van der Waals surface area contributed by atoms with Gasteiger partial charge in [-0.1, -0.05) is 18.6 Å². The maximum absolute atomic E-state index is 13.6. The molecule has 5 rings (SSSR count). The molecule has 2 atom stereocenters. The summed E-state index contributed by atoms with van der Waals surface area (Å²) in [5.41, 5.74) is -0.483. The van der Waals surface area contributed by atoms with E-state index in [0.29, 0.717) is 51.4 Å². The number of nitrogens with zero attached hydrogens (tertiary/aromatic N) is 4. The van der Waals surface area contributed by atoms with E-state index in [9.17, 15) is 26.4 Å². The van der Waals surface area contributed by atoms with E-state index >= 15 is 0 Å². The van der Waals surface area contributed by atoms with Crippen LogP contribution in [0.15, 0.2) is 53.7 Å². The Bertz CT molecular complexity index is 1330. The van der Waals surface area contributed by atoms with E-state index in [1.807, 2.05) is 18.3 Å². The molecule has 3 saturated heterocycles. The average molecular weight is 637 g/mol. The number of halogens is 3. The van der Waals surface area contributed by atoms with Crippen molar-refractivity contribution in [1.29, 1.82) is 0 Å². The molecule has 4 heterocycles. The number of hydrogen-bond donors (Lipinski definition) is 0. The number of aldehydes is 1. The van der Waals surface area contributed by atoms with Gasteiger partial charge in [0.05, 0.1) is 22.1 Å². The molecule has 1 aromatic heterocycles. The minimum Gasteiger partial charge on any atom is -0.370 e. The van der Waals surface area contributed by atoms with Crippen molar-refractivity contribution in [3.63, 3.8) is 0 Å². The topological polar surface area (TPSA) is 83.0 Å². The van der Waals surface area contributed by atoms with Gasteiger partial charge in [0.25, 0.3) is 0 Å². The van der Waals surface area contributed by atoms with Crippen LogP contribution < -0.4 is 0 Å². The first kappa shape index (κ1) is 33.0. The molecule has 0 amide bonds. The minimum absolute atomic E-state index is 0.213. The van der Waals surface area contributed by atoms with E-state index in [1.165, 1.54) is 23.2 Å². The monoisotopic (exact) mass is 636 g/mol. The number of likely N-dealkylation sites (tertiary alicyclic amines) is 2. The molecular weight excluding hydrogens is 593 g/mol. The second-order valence-electron chi connectivity index (χ2n) is 12.3. The Hall–Kier alpha value is -2.38. The van der Waals surface area contributed by atoms with Gasteiger partial charge >= 0.3 is 6.18 Å². The number of carbonyl (C=O) groups excluding carboxylic acids is 1. The van der Waals surface area contributed by atoms with E-state index in [4.69, 9.17) is 4.74 Å². The van der Waals surface area contributed by atoms with Gasteiger partial charge < -0.3 is 14.4 Å². The van der Waals surface area contributed by atoms with E-state index in [0.717, 1.165) is 56.5 Å². The zero-order valence-corrected chi connectivity index (χ0v) is 25.9. The third-order valence-corrected chi connectivity index (χ3v) is 11.4. The average Bonchev–Trinajstić information content (AvgIpc) is 3.56. The molecular formula is C32H43F3N4O4S. The minimum atomic E-state index is -4.65. The Morgan fingerprint density at radius 1 is 1.02 bits per heavy atom. The van der Waals surface area contributed by atoms with Crippen molar-refractivity contribution < 1.29 is 31.1 Å². The van der Waals surface area contributed by atoms with E-state index < -0.39 is 39.4 Å². The van der Waals surface area contributed by atoms with Gasteiger partial charge in [-0.3, -0.25) is 9.88 Å². The zero-order valence-electron chi connectivity index (χ0n) is 25.1. The summed E-state index contributed by atoms with van der Waals surface area (Å²) >= 11 is 0. The molecule has 3 fully saturated rings. The van der Waals surface area contributed by atoms with Crippen molar-refractivity contribution in [3.05, 3.63) is 59.9 Å². The third kappa shape index (κ3) is 7.70. The largest absolute Gasteiger partial charge is 0.416 e. The van der Waals surface area contributed by atoms with Crippen LogP contribution >= 0.6 is 0 Å². The highest BCUT2D eigenvalue weighted by atomic mass is 32.2.